The fourth-order valence-electron chi connectivity index (χ4n) is 2.19. The van der Waals surface area contributed by atoms with Crippen LogP contribution in [0, 0.1) is 0 Å². The molecule has 1 aromatic heterocycles. The molecular formula is C15H16ClNO4. The number of hydrogen-bond donors (Lipinski definition) is 2. The highest BCUT2D eigenvalue weighted by molar-refractivity contribution is 6.32. The molecule has 2 N–H and O–H groups in total. The lowest BCUT2D eigenvalue weighted by Crippen LogP contribution is -2.21. The maximum absolute atomic E-state index is 10.2. The molecule has 1 aliphatic heterocycles. The number of aliphatic hydroxyl groups excluding tert-OH is 1. The highest BCUT2D eigenvalue weighted by atomic mass is 35.5. The number of rotatable bonds is 5. The van der Waals surface area contributed by atoms with Gasteiger partial charge in [-0.25, -0.2) is 0 Å². The molecule has 0 spiro atoms. The van der Waals surface area contributed by atoms with Gasteiger partial charge in [0.2, 0.25) is 0 Å². The molecule has 2 aromatic rings. The van der Waals surface area contributed by atoms with Crippen LogP contribution in [0.25, 0.3) is 0 Å². The van der Waals surface area contributed by atoms with E-state index in [0.717, 1.165) is 5.76 Å². The molecule has 0 aliphatic carbocycles. The maximum atomic E-state index is 10.2. The molecule has 1 aliphatic rings. The predicted octanol–water partition coefficient (Wildman–Crippen LogP) is 2.53. The zero-order valence-corrected chi connectivity index (χ0v) is 12.1. The second-order valence-electron chi connectivity index (χ2n) is 4.75. The highest BCUT2D eigenvalue weighted by Gasteiger charge is 2.19. The molecule has 0 radical (unpaired) electrons. The first kappa shape index (κ1) is 14.3. The lowest BCUT2D eigenvalue weighted by Gasteiger charge is -2.21. The third-order valence-electron chi connectivity index (χ3n) is 3.22. The number of nitrogens with one attached hydrogen (secondary N) is 1. The minimum atomic E-state index is -0.687. The van der Waals surface area contributed by atoms with Crippen LogP contribution < -0.4 is 14.8 Å². The highest BCUT2D eigenvalue weighted by Crippen LogP contribution is 2.39. The fraction of sp³-hybridized carbons (Fsp3) is 0.333. The number of ether oxygens (including phenoxy) is 2. The Bertz CT molecular complexity index is 600. The normalized spacial score (nSPS) is 15.0. The van der Waals surface area contributed by atoms with Crippen LogP contribution in [-0.4, -0.2) is 24.9 Å². The molecule has 0 saturated heterocycles. The van der Waals surface area contributed by atoms with E-state index in [0.29, 0.717) is 48.4 Å². The molecule has 1 unspecified atom stereocenters. The van der Waals surface area contributed by atoms with E-state index in [4.69, 9.17) is 25.5 Å². The van der Waals surface area contributed by atoms with Gasteiger partial charge in [-0.3, -0.25) is 0 Å². The Balaban J connectivity index is 1.64. The molecular weight excluding hydrogens is 294 g/mol. The summed E-state index contributed by atoms with van der Waals surface area (Å²) in [6, 6.07) is 7.17. The van der Waals surface area contributed by atoms with E-state index in [9.17, 15) is 5.11 Å². The lowest BCUT2D eigenvalue weighted by atomic mass is 10.1. The van der Waals surface area contributed by atoms with Crippen molar-refractivity contribution in [1.29, 1.82) is 0 Å². The van der Waals surface area contributed by atoms with Crippen molar-refractivity contribution in [3.8, 4) is 11.5 Å². The van der Waals surface area contributed by atoms with Gasteiger partial charge >= 0.3 is 0 Å². The van der Waals surface area contributed by atoms with Crippen molar-refractivity contribution in [2.45, 2.75) is 12.6 Å². The molecule has 112 valence electrons. The average molecular weight is 310 g/mol. The smallest absolute Gasteiger partial charge is 0.179 e. The minimum Gasteiger partial charge on any atom is -0.486 e. The Labute approximate surface area is 127 Å². The first-order valence-corrected chi connectivity index (χ1v) is 7.12. The molecule has 1 aromatic carbocycles. The largest absolute Gasteiger partial charge is 0.486 e. The Hall–Kier alpha value is -1.69. The molecule has 6 heteroatoms. The number of benzene rings is 1. The Morgan fingerprint density at radius 3 is 2.95 bits per heavy atom. The summed E-state index contributed by atoms with van der Waals surface area (Å²) >= 11 is 6.16. The second-order valence-corrected chi connectivity index (χ2v) is 5.16. The molecule has 3 rings (SSSR count). The number of hydrogen-bond acceptors (Lipinski definition) is 5. The second kappa shape index (κ2) is 6.39. The number of aliphatic hydroxyl groups is 1. The minimum absolute atomic E-state index is 0.386. The summed E-state index contributed by atoms with van der Waals surface area (Å²) < 4.78 is 16.2. The quantitative estimate of drug-likeness (QED) is 0.888. The van der Waals surface area contributed by atoms with E-state index >= 15 is 0 Å². The Morgan fingerprint density at radius 1 is 1.29 bits per heavy atom. The number of furan rings is 1. The van der Waals surface area contributed by atoms with Crippen LogP contribution >= 0.6 is 11.6 Å². The van der Waals surface area contributed by atoms with E-state index in [1.807, 2.05) is 12.1 Å². The third-order valence-corrected chi connectivity index (χ3v) is 3.50. The summed E-state index contributed by atoms with van der Waals surface area (Å²) in [4.78, 5) is 0. The van der Waals surface area contributed by atoms with Gasteiger partial charge in [0.25, 0.3) is 0 Å². The van der Waals surface area contributed by atoms with Gasteiger partial charge in [0.15, 0.2) is 11.5 Å². The summed E-state index contributed by atoms with van der Waals surface area (Å²) in [5, 5.41) is 13.8. The van der Waals surface area contributed by atoms with Gasteiger partial charge in [0.05, 0.1) is 23.9 Å². The molecule has 0 bridgehead atoms. The van der Waals surface area contributed by atoms with Crippen LogP contribution in [0.2, 0.25) is 5.02 Å². The van der Waals surface area contributed by atoms with Gasteiger partial charge in [0, 0.05) is 6.54 Å². The van der Waals surface area contributed by atoms with Crippen LogP contribution in [0.15, 0.2) is 34.9 Å². The van der Waals surface area contributed by atoms with Gasteiger partial charge in [0.1, 0.15) is 19.0 Å². The van der Waals surface area contributed by atoms with Crippen molar-refractivity contribution in [3.63, 3.8) is 0 Å². The van der Waals surface area contributed by atoms with E-state index in [2.05, 4.69) is 5.32 Å². The average Bonchev–Trinajstić information content (AvgIpc) is 3.00. The molecule has 0 saturated carbocycles. The standard InChI is InChI=1S/C15H16ClNO4/c16-12-6-10(7-14-15(12)21-5-4-20-14)13(18)9-17-8-11-2-1-3-19-11/h1-3,6-7,13,17-18H,4-5,8-9H2. The molecule has 1 atom stereocenters. The fourth-order valence-corrected chi connectivity index (χ4v) is 2.46. The summed E-state index contributed by atoms with van der Waals surface area (Å²) in [5.41, 5.74) is 0.691. The summed E-state index contributed by atoms with van der Waals surface area (Å²) in [6.07, 6.45) is 0.932. The molecule has 5 nitrogen and oxygen atoms in total. The van der Waals surface area contributed by atoms with E-state index in [1.165, 1.54) is 0 Å². The van der Waals surface area contributed by atoms with Crippen molar-refractivity contribution in [2.24, 2.45) is 0 Å². The zero-order valence-electron chi connectivity index (χ0n) is 11.3. The molecule has 2 heterocycles. The van der Waals surface area contributed by atoms with Crippen LogP contribution in [0.5, 0.6) is 11.5 Å². The third kappa shape index (κ3) is 3.32. The van der Waals surface area contributed by atoms with Crippen LogP contribution in [0.3, 0.4) is 0 Å². The number of fused-ring (bicyclic) bond motifs is 1. The summed E-state index contributed by atoms with van der Waals surface area (Å²) in [5.74, 6) is 1.94. The van der Waals surface area contributed by atoms with Gasteiger partial charge in [-0.15, -0.1) is 0 Å². The van der Waals surface area contributed by atoms with Crippen molar-refractivity contribution in [2.75, 3.05) is 19.8 Å². The molecule has 21 heavy (non-hydrogen) atoms. The first-order chi connectivity index (χ1) is 10.2. The predicted molar refractivity (Wildman–Crippen MR) is 77.8 cm³/mol. The maximum Gasteiger partial charge on any atom is 0.179 e. The Kier molecular flexibility index (Phi) is 4.34. The molecule has 0 amide bonds. The first-order valence-electron chi connectivity index (χ1n) is 6.74. The van der Waals surface area contributed by atoms with E-state index in [-0.39, 0.29) is 0 Å². The van der Waals surface area contributed by atoms with Crippen molar-refractivity contribution in [3.05, 3.63) is 46.9 Å². The summed E-state index contributed by atoms with van der Waals surface area (Å²) in [7, 11) is 0. The summed E-state index contributed by atoms with van der Waals surface area (Å²) in [6.45, 7) is 1.91. The van der Waals surface area contributed by atoms with Crippen LogP contribution in [0.1, 0.15) is 17.4 Å². The van der Waals surface area contributed by atoms with Gasteiger partial charge < -0.3 is 24.3 Å². The number of halogens is 1. The van der Waals surface area contributed by atoms with Crippen molar-refractivity contribution < 1.29 is 19.0 Å². The van der Waals surface area contributed by atoms with Crippen molar-refractivity contribution in [1.82, 2.24) is 5.32 Å². The Morgan fingerprint density at radius 2 is 2.14 bits per heavy atom. The van der Waals surface area contributed by atoms with Gasteiger partial charge in [-0.2, -0.15) is 0 Å². The van der Waals surface area contributed by atoms with Crippen LogP contribution in [0.4, 0.5) is 0 Å². The van der Waals surface area contributed by atoms with E-state index < -0.39 is 6.10 Å². The zero-order chi connectivity index (χ0) is 14.7. The lowest BCUT2D eigenvalue weighted by molar-refractivity contribution is 0.163. The topological polar surface area (TPSA) is 63.9 Å². The van der Waals surface area contributed by atoms with Crippen molar-refractivity contribution >= 4 is 11.6 Å². The van der Waals surface area contributed by atoms with E-state index in [1.54, 1.807) is 18.4 Å². The van der Waals surface area contributed by atoms with Gasteiger partial charge in [-0.05, 0) is 29.8 Å². The molecule has 0 fully saturated rings. The SMILES string of the molecule is OC(CNCc1ccco1)c1cc(Cl)c2c(c1)OCCO2. The van der Waals surface area contributed by atoms with Crippen LogP contribution in [-0.2, 0) is 6.54 Å². The monoisotopic (exact) mass is 309 g/mol. The van der Waals surface area contributed by atoms with Gasteiger partial charge in [-0.1, -0.05) is 11.6 Å².